The number of nitrogens with one attached hydrogen (secondary N) is 1. The number of hydrogen-bond donors (Lipinski definition) is 2. The van der Waals surface area contributed by atoms with Crippen molar-refractivity contribution in [1.82, 2.24) is 0 Å². The van der Waals surface area contributed by atoms with Gasteiger partial charge in [-0.15, -0.1) is 6.04 Å². The van der Waals surface area contributed by atoms with Gasteiger partial charge in [0.15, 0.2) is 5.41 Å². The van der Waals surface area contributed by atoms with Crippen LogP contribution < -0.4 is 0 Å². The molecular weight excluding hydrogens is 558 g/mol. The zero-order valence-corrected chi connectivity index (χ0v) is 17.1. The number of esters is 1. The van der Waals surface area contributed by atoms with E-state index < -0.39 is 34.3 Å². The molecule has 0 amide bonds. The van der Waals surface area contributed by atoms with Crippen LogP contribution in [0.4, 0.5) is 0 Å². The maximum Gasteiger partial charge on any atom is 2.00 e. The van der Waals surface area contributed by atoms with Crippen LogP contribution in [0.25, 0.3) is 11.9 Å². The summed E-state index contributed by atoms with van der Waals surface area (Å²) in [5.74, 6) is -3.79. The number of halogens is 2. The van der Waals surface area contributed by atoms with Crippen molar-refractivity contribution in [2.75, 3.05) is 0 Å². The Kier molecular flexibility index (Phi) is 13.0. The maximum atomic E-state index is 10.9. The molecule has 0 saturated heterocycles. The van der Waals surface area contributed by atoms with Crippen LogP contribution in [0.3, 0.4) is 0 Å². The Labute approximate surface area is 170 Å². The molecule has 2 rings (SSSR count). The van der Waals surface area contributed by atoms with E-state index in [2.05, 4.69) is 4.74 Å². The molecular formula is C14H22Cl2N2O6Pt. The van der Waals surface area contributed by atoms with E-state index in [9.17, 15) is 14.4 Å². The third kappa shape index (κ3) is 7.79. The molecule has 25 heavy (non-hydrogen) atoms. The zero-order valence-electron chi connectivity index (χ0n) is 13.4. The van der Waals surface area contributed by atoms with Crippen LogP contribution in [0.5, 0.6) is 0 Å². The van der Waals surface area contributed by atoms with Crippen molar-refractivity contribution in [2.24, 2.45) is 5.41 Å². The number of carboxylic acid groups (broad SMARTS) is 2. The number of carbonyl (C=O) groups excluding carboxylic acids is 1. The third-order valence-electron chi connectivity index (χ3n) is 4.04. The molecule has 0 radical (unpaired) electrons. The quantitative estimate of drug-likeness (QED) is 0.293. The predicted molar refractivity (Wildman–Crippen MR) is 88.8 cm³/mol. The monoisotopic (exact) mass is 579 g/mol. The first-order valence-corrected chi connectivity index (χ1v) is 8.23. The first kappa shape index (κ1) is 26.8. The number of rotatable bonds is 4. The van der Waals surface area contributed by atoms with Crippen LogP contribution in [-0.4, -0.2) is 45.1 Å². The van der Waals surface area contributed by atoms with Gasteiger partial charge in [-0.2, -0.15) is 0 Å². The molecule has 2 aliphatic carbocycles. The summed E-state index contributed by atoms with van der Waals surface area (Å²) < 4.78 is 4.67. The summed E-state index contributed by atoms with van der Waals surface area (Å²) in [5, 5.41) is 17.5. The number of nitrogens with two attached hydrogens (primary N) is 1. The SMILES string of the molecule is O=C(OC1CC(C(=O)O)(C(=O)O)C1)C(Cl)Cl.[NH-]C1CCCCC1.[NH2-].[Pt+2]. The number of ether oxygens (including phenoxy) is 1. The normalized spacial score (nSPS) is 19.2. The van der Waals surface area contributed by atoms with Crippen LogP contribution in [-0.2, 0) is 40.2 Å². The van der Waals surface area contributed by atoms with Crippen molar-refractivity contribution in [3.8, 4) is 0 Å². The minimum atomic E-state index is -1.86. The molecule has 0 aliphatic heterocycles. The molecule has 2 aliphatic rings. The van der Waals surface area contributed by atoms with Gasteiger partial charge in [0.1, 0.15) is 6.10 Å². The van der Waals surface area contributed by atoms with E-state index in [1.54, 1.807) is 0 Å². The van der Waals surface area contributed by atoms with E-state index in [0.717, 1.165) is 12.8 Å². The Bertz CT molecular complexity index is 439. The van der Waals surface area contributed by atoms with E-state index in [-0.39, 0.29) is 46.1 Å². The summed E-state index contributed by atoms with van der Waals surface area (Å²) >= 11 is 10.4. The van der Waals surface area contributed by atoms with Crippen LogP contribution in [0.2, 0.25) is 0 Å². The van der Waals surface area contributed by atoms with Crippen LogP contribution in [0.1, 0.15) is 44.9 Å². The standard InChI is InChI=1S/C8H8Cl2O6.C6H12N.H2N.Pt/c9-4(10)5(11)16-3-1-8(2-3,6(12)13)7(14)15;7-6-4-2-1-3-5-6;;/h3-4H,1-2H2,(H,12,13)(H,14,15);6-7H,1-5H2;1H2;/q;2*-1;+2. The fourth-order valence-electron chi connectivity index (χ4n) is 2.56. The Balaban J connectivity index is 0. The van der Waals surface area contributed by atoms with Gasteiger partial charge in [0.05, 0.1) is 0 Å². The van der Waals surface area contributed by atoms with E-state index in [0.29, 0.717) is 0 Å². The fourth-order valence-corrected chi connectivity index (χ4v) is 2.66. The average Bonchev–Trinajstić information content (AvgIpc) is 2.42. The average molecular weight is 580 g/mol. The third-order valence-corrected chi connectivity index (χ3v) is 4.39. The second kappa shape index (κ2) is 12.1. The smallest absolute Gasteiger partial charge is 0.693 e. The number of alkyl halides is 2. The number of hydrogen-bond acceptors (Lipinski definition) is 4. The number of carboxylic acids is 2. The van der Waals surface area contributed by atoms with Gasteiger partial charge in [0.2, 0.25) is 4.84 Å². The minimum absolute atomic E-state index is 0. The predicted octanol–water partition coefficient (Wildman–Crippen LogP) is 3.74. The molecule has 8 nitrogen and oxygen atoms in total. The van der Waals surface area contributed by atoms with Crippen molar-refractivity contribution in [3.05, 3.63) is 11.9 Å². The van der Waals surface area contributed by atoms with E-state index in [1.807, 2.05) is 0 Å². The maximum absolute atomic E-state index is 10.9. The molecule has 0 unspecified atom stereocenters. The van der Waals surface area contributed by atoms with Gasteiger partial charge in [-0.3, -0.25) is 9.59 Å². The minimum Gasteiger partial charge on any atom is -0.693 e. The largest absolute Gasteiger partial charge is 2.00 e. The molecule has 0 aromatic rings. The molecule has 148 valence electrons. The molecule has 0 bridgehead atoms. The first-order valence-electron chi connectivity index (χ1n) is 7.35. The summed E-state index contributed by atoms with van der Waals surface area (Å²) in [4.78, 5) is 31.0. The second-order valence-electron chi connectivity index (χ2n) is 5.80. The molecule has 2 saturated carbocycles. The van der Waals surface area contributed by atoms with Gasteiger partial charge < -0.3 is 26.8 Å². The van der Waals surface area contributed by atoms with Gasteiger partial charge in [-0.05, 0) is 0 Å². The molecule has 0 aromatic carbocycles. The van der Waals surface area contributed by atoms with Crippen molar-refractivity contribution in [1.29, 1.82) is 0 Å². The molecule has 0 heterocycles. The van der Waals surface area contributed by atoms with Crippen LogP contribution in [0.15, 0.2) is 0 Å². The van der Waals surface area contributed by atoms with Gasteiger partial charge in [-0.1, -0.05) is 55.3 Å². The van der Waals surface area contributed by atoms with E-state index in [4.69, 9.17) is 39.1 Å². The van der Waals surface area contributed by atoms with Crippen LogP contribution >= 0.6 is 23.2 Å². The molecule has 0 atom stereocenters. The van der Waals surface area contributed by atoms with Crippen LogP contribution in [0, 0.1) is 5.41 Å². The number of carbonyl (C=O) groups is 3. The summed E-state index contributed by atoms with van der Waals surface area (Å²) in [5.41, 5.74) is 5.41. The van der Waals surface area contributed by atoms with E-state index >= 15 is 0 Å². The zero-order chi connectivity index (χ0) is 17.6. The molecule has 2 fully saturated rings. The molecule has 5 N–H and O–H groups in total. The van der Waals surface area contributed by atoms with Gasteiger partial charge in [-0.25, -0.2) is 4.79 Å². The van der Waals surface area contributed by atoms with Crippen molar-refractivity contribution < 1.29 is 50.4 Å². The van der Waals surface area contributed by atoms with Gasteiger partial charge in [0.25, 0.3) is 0 Å². The van der Waals surface area contributed by atoms with Gasteiger partial charge in [0, 0.05) is 12.8 Å². The Morgan fingerprint density at radius 3 is 1.76 bits per heavy atom. The number of aliphatic carboxylic acids is 2. The fraction of sp³-hybridized carbons (Fsp3) is 0.786. The second-order valence-corrected chi connectivity index (χ2v) is 6.89. The molecule has 0 spiro atoms. The Morgan fingerprint density at radius 2 is 1.48 bits per heavy atom. The Morgan fingerprint density at radius 1 is 1.04 bits per heavy atom. The molecule has 11 heteroatoms. The first-order chi connectivity index (χ1) is 10.7. The summed E-state index contributed by atoms with van der Waals surface area (Å²) in [6.07, 6.45) is 4.96. The van der Waals surface area contributed by atoms with E-state index in [1.165, 1.54) is 19.3 Å². The topological polar surface area (TPSA) is 158 Å². The summed E-state index contributed by atoms with van der Waals surface area (Å²) in [6.45, 7) is 0. The van der Waals surface area contributed by atoms with Crippen molar-refractivity contribution in [2.45, 2.75) is 61.9 Å². The molecule has 0 aromatic heterocycles. The summed E-state index contributed by atoms with van der Waals surface area (Å²) in [7, 11) is 0. The van der Waals surface area contributed by atoms with Crippen molar-refractivity contribution >= 4 is 41.1 Å². The van der Waals surface area contributed by atoms with Crippen molar-refractivity contribution in [3.63, 3.8) is 0 Å². The summed E-state index contributed by atoms with van der Waals surface area (Å²) in [6, 6.07) is 0.286. The van der Waals surface area contributed by atoms with Gasteiger partial charge >= 0.3 is 39.0 Å². The Hall–Kier alpha value is -0.402.